The van der Waals surface area contributed by atoms with Crippen molar-refractivity contribution >= 4 is 10.1 Å². The molecule has 5 nitrogen and oxygen atoms in total. The van der Waals surface area contributed by atoms with Crippen LogP contribution in [0.1, 0.15) is 6.92 Å². The van der Waals surface area contributed by atoms with Crippen LogP contribution in [0.2, 0.25) is 0 Å². The molecule has 0 spiro atoms. The lowest BCUT2D eigenvalue weighted by atomic mass is 10.7. The van der Waals surface area contributed by atoms with Gasteiger partial charge in [0.2, 0.25) is 0 Å². The average Bonchev–Trinajstić information content (AvgIpc) is 1.64. The van der Waals surface area contributed by atoms with Gasteiger partial charge in [0, 0.05) is 0 Å². The van der Waals surface area contributed by atoms with Gasteiger partial charge in [0.15, 0.2) is 0 Å². The van der Waals surface area contributed by atoms with Gasteiger partial charge < -0.3 is 5.11 Å². The van der Waals surface area contributed by atoms with E-state index in [4.69, 9.17) is 9.66 Å². The lowest BCUT2D eigenvalue weighted by Gasteiger charge is -2.05. The van der Waals surface area contributed by atoms with Crippen molar-refractivity contribution in [3.8, 4) is 0 Å². The molecule has 3 N–H and O–H groups in total. The Labute approximate surface area is 53.4 Å². The fourth-order valence-electron chi connectivity index (χ4n) is 0.234. The normalized spacial score (nSPS) is 15.4. The third-order valence-electron chi connectivity index (χ3n) is 0.826. The van der Waals surface area contributed by atoms with Gasteiger partial charge in [-0.15, -0.1) is 0 Å². The van der Waals surface area contributed by atoms with E-state index >= 15 is 0 Å². The van der Waals surface area contributed by atoms with Gasteiger partial charge in [-0.3, -0.25) is 9.87 Å². The van der Waals surface area contributed by atoms with Gasteiger partial charge in [0.1, 0.15) is 5.37 Å². The van der Waals surface area contributed by atoms with Crippen molar-refractivity contribution in [3.05, 3.63) is 0 Å². The average molecular weight is 155 g/mol. The molecule has 0 aliphatic heterocycles. The summed E-state index contributed by atoms with van der Waals surface area (Å²) in [6.07, 6.45) is 0. The molecule has 0 aliphatic carbocycles. The quantitative estimate of drug-likeness (QED) is 0.350. The maximum absolute atomic E-state index is 10.1. The highest BCUT2D eigenvalue weighted by Gasteiger charge is 2.14. The molecular formula is C3H9NO4S. The summed E-state index contributed by atoms with van der Waals surface area (Å²) in [7, 11) is -4.04. The van der Waals surface area contributed by atoms with E-state index in [-0.39, 0.29) is 0 Å². The molecule has 6 heteroatoms. The molecule has 0 saturated carbocycles. The molecule has 0 radical (unpaired) electrons. The second kappa shape index (κ2) is 3.11. The van der Waals surface area contributed by atoms with E-state index in [1.54, 1.807) is 0 Å². The first-order valence-electron chi connectivity index (χ1n) is 2.29. The summed E-state index contributed by atoms with van der Waals surface area (Å²) in [5.74, 6) is 0. The van der Waals surface area contributed by atoms with Crippen LogP contribution < -0.4 is 5.32 Å². The highest BCUT2D eigenvalue weighted by Crippen LogP contribution is 1.89. The molecule has 0 aliphatic rings. The van der Waals surface area contributed by atoms with Crippen molar-refractivity contribution < 1.29 is 18.1 Å². The predicted octanol–water partition coefficient (Wildman–Crippen LogP) is -1.24. The van der Waals surface area contributed by atoms with Crippen LogP contribution in [0.4, 0.5) is 0 Å². The van der Waals surface area contributed by atoms with Crippen LogP contribution in [-0.4, -0.2) is 30.2 Å². The number of rotatable bonds is 3. The fraction of sp³-hybridized carbons (Fsp3) is 1.00. The zero-order valence-electron chi connectivity index (χ0n) is 4.90. The Morgan fingerprint density at radius 3 is 2.22 bits per heavy atom. The van der Waals surface area contributed by atoms with E-state index in [9.17, 15) is 8.42 Å². The van der Waals surface area contributed by atoms with E-state index in [1.165, 1.54) is 6.92 Å². The molecule has 1 unspecified atom stereocenters. The summed E-state index contributed by atoms with van der Waals surface area (Å²) in [6.45, 7) is 0.756. The van der Waals surface area contributed by atoms with E-state index in [1.807, 2.05) is 0 Å². The number of hydrogen-bond acceptors (Lipinski definition) is 4. The molecule has 56 valence electrons. The molecule has 0 aromatic carbocycles. The van der Waals surface area contributed by atoms with Crippen LogP contribution in [0.3, 0.4) is 0 Å². The van der Waals surface area contributed by atoms with Crippen molar-refractivity contribution in [2.45, 2.75) is 12.3 Å². The number of aliphatic hydroxyl groups excluding tert-OH is 1. The fourth-order valence-corrected chi connectivity index (χ4v) is 0.519. The molecule has 0 amide bonds. The lowest BCUT2D eigenvalue weighted by Crippen LogP contribution is -2.33. The Balaban J connectivity index is 3.90. The molecule has 0 bridgehead atoms. The van der Waals surface area contributed by atoms with E-state index in [0.717, 1.165) is 0 Å². The van der Waals surface area contributed by atoms with Gasteiger partial charge in [-0.1, -0.05) is 0 Å². The predicted molar refractivity (Wildman–Crippen MR) is 31.2 cm³/mol. The first-order chi connectivity index (χ1) is 3.98. The topological polar surface area (TPSA) is 86.6 Å². The molecule has 1 atom stereocenters. The third kappa shape index (κ3) is 3.41. The highest BCUT2D eigenvalue weighted by atomic mass is 32.2. The van der Waals surface area contributed by atoms with Crippen LogP contribution in [0, 0.1) is 0 Å². The Morgan fingerprint density at radius 1 is 1.67 bits per heavy atom. The lowest BCUT2D eigenvalue weighted by molar-refractivity contribution is 0.254. The Morgan fingerprint density at radius 2 is 2.11 bits per heavy atom. The summed E-state index contributed by atoms with van der Waals surface area (Å²) >= 11 is 0. The SMILES string of the molecule is CC(NCO)S(=O)(=O)O. The second-order valence-corrected chi connectivity index (χ2v) is 3.26. The van der Waals surface area contributed by atoms with Crippen molar-refractivity contribution in [1.29, 1.82) is 0 Å². The summed E-state index contributed by atoms with van der Waals surface area (Å²) < 4.78 is 28.4. The monoisotopic (exact) mass is 155 g/mol. The Bertz CT molecular complexity index is 163. The minimum Gasteiger partial charge on any atom is -0.381 e. The zero-order valence-corrected chi connectivity index (χ0v) is 5.72. The summed E-state index contributed by atoms with van der Waals surface area (Å²) in [5.41, 5.74) is 0. The van der Waals surface area contributed by atoms with Gasteiger partial charge in [0.25, 0.3) is 10.1 Å². The minimum absolute atomic E-state index is 0.471. The second-order valence-electron chi connectivity index (χ2n) is 1.52. The summed E-state index contributed by atoms with van der Waals surface area (Å²) in [4.78, 5) is 0. The first-order valence-corrected chi connectivity index (χ1v) is 3.79. The van der Waals surface area contributed by atoms with Gasteiger partial charge in [-0.25, -0.2) is 0 Å². The largest absolute Gasteiger partial charge is 0.381 e. The number of nitrogens with one attached hydrogen (secondary N) is 1. The van der Waals surface area contributed by atoms with Gasteiger partial charge in [-0.2, -0.15) is 8.42 Å². The van der Waals surface area contributed by atoms with Crippen LogP contribution in [0.15, 0.2) is 0 Å². The highest BCUT2D eigenvalue weighted by molar-refractivity contribution is 7.86. The summed E-state index contributed by atoms with van der Waals surface area (Å²) in [5, 5.41) is 9.11. The smallest absolute Gasteiger partial charge is 0.280 e. The number of hydrogen-bond donors (Lipinski definition) is 3. The molecule has 0 heterocycles. The summed E-state index contributed by atoms with van der Waals surface area (Å²) in [6, 6.07) is 0. The van der Waals surface area contributed by atoms with Crippen molar-refractivity contribution in [2.75, 3.05) is 6.73 Å². The Kier molecular flexibility index (Phi) is 3.06. The maximum atomic E-state index is 10.1. The molecule has 0 saturated heterocycles. The molecular weight excluding hydrogens is 146 g/mol. The molecule has 0 aromatic rings. The van der Waals surface area contributed by atoms with E-state index < -0.39 is 22.2 Å². The van der Waals surface area contributed by atoms with Crippen LogP contribution in [0.5, 0.6) is 0 Å². The molecule has 0 rings (SSSR count). The van der Waals surface area contributed by atoms with Crippen molar-refractivity contribution in [3.63, 3.8) is 0 Å². The Hall–Kier alpha value is -0.170. The standard InChI is InChI=1S/C3H9NO4S/c1-3(4-2-5)9(6,7)8/h3-5H,2H2,1H3,(H,6,7,8). The van der Waals surface area contributed by atoms with E-state index in [2.05, 4.69) is 5.32 Å². The third-order valence-corrected chi connectivity index (χ3v) is 1.89. The zero-order chi connectivity index (χ0) is 7.49. The van der Waals surface area contributed by atoms with Crippen LogP contribution in [-0.2, 0) is 10.1 Å². The van der Waals surface area contributed by atoms with E-state index in [0.29, 0.717) is 0 Å². The molecule has 0 fully saturated rings. The van der Waals surface area contributed by atoms with Crippen molar-refractivity contribution in [2.24, 2.45) is 0 Å². The van der Waals surface area contributed by atoms with Gasteiger partial charge in [-0.05, 0) is 6.92 Å². The minimum atomic E-state index is -4.04. The number of aliphatic hydroxyl groups is 1. The van der Waals surface area contributed by atoms with Crippen LogP contribution in [0.25, 0.3) is 0 Å². The molecule has 0 aromatic heterocycles. The maximum Gasteiger partial charge on any atom is 0.280 e. The van der Waals surface area contributed by atoms with Gasteiger partial charge in [0.05, 0.1) is 6.73 Å². The van der Waals surface area contributed by atoms with Crippen LogP contribution >= 0.6 is 0 Å². The molecule has 9 heavy (non-hydrogen) atoms. The van der Waals surface area contributed by atoms with Crippen molar-refractivity contribution in [1.82, 2.24) is 5.32 Å². The van der Waals surface area contributed by atoms with Gasteiger partial charge >= 0.3 is 0 Å². The first kappa shape index (κ1) is 8.83.